The molecule has 2 amide bonds. The summed E-state index contributed by atoms with van der Waals surface area (Å²) in [5.41, 5.74) is 0.810. The van der Waals surface area contributed by atoms with E-state index >= 15 is 0 Å². The van der Waals surface area contributed by atoms with Crippen molar-refractivity contribution in [2.45, 2.75) is 44.8 Å². The maximum Gasteiger partial charge on any atom is 0.408 e. The lowest BCUT2D eigenvalue weighted by Crippen LogP contribution is -2.42. The zero-order valence-corrected chi connectivity index (χ0v) is 14.1. The number of ether oxygens (including phenoxy) is 1. The van der Waals surface area contributed by atoms with Crippen LogP contribution in [0.5, 0.6) is 0 Å². The molecule has 1 unspecified atom stereocenters. The third kappa shape index (κ3) is 6.45. The largest absolute Gasteiger partial charge is 0.480 e. The minimum Gasteiger partial charge on any atom is -0.480 e. The summed E-state index contributed by atoms with van der Waals surface area (Å²) < 4.78 is 5.02. The Morgan fingerprint density at radius 2 is 1.80 bits per heavy atom. The van der Waals surface area contributed by atoms with Crippen LogP contribution in [-0.4, -0.2) is 47.1 Å². The molecule has 0 aliphatic carbocycles. The number of aliphatic carboxylic acids is 1. The highest BCUT2D eigenvalue weighted by atomic mass is 16.5. The molecule has 1 saturated heterocycles. The summed E-state index contributed by atoms with van der Waals surface area (Å²) >= 11 is 0. The minimum atomic E-state index is -1.18. The molecule has 25 heavy (non-hydrogen) atoms. The molecule has 7 heteroatoms. The molecule has 0 saturated carbocycles. The third-order valence-electron chi connectivity index (χ3n) is 4.16. The van der Waals surface area contributed by atoms with Crippen molar-refractivity contribution in [1.82, 2.24) is 10.2 Å². The summed E-state index contributed by atoms with van der Waals surface area (Å²) in [6.45, 7) is 1.51. The van der Waals surface area contributed by atoms with E-state index in [-0.39, 0.29) is 25.4 Å². The lowest BCUT2D eigenvalue weighted by atomic mass is 10.1. The molecule has 136 valence electrons. The number of nitrogens with zero attached hydrogens (tertiary/aromatic N) is 1. The first-order chi connectivity index (χ1) is 12.1. The van der Waals surface area contributed by atoms with Crippen LogP contribution < -0.4 is 5.32 Å². The zero-order valence-electron chi connectivity index (χ0n) is 14.1. The van der Waals surface area contributed by atoms with Gasteiger partial charge < -0.3 is 20.1 Å². The van der Waals surface area contributed by atoms with Gasteiger partial charge in [0.2, 0.25) is 5.91 Å². The van der Waals surface area contributed by atoms with Crippen molar-refractivity contribution in [1.29, 1.82) is 0 Å². The Hall–Kier alpha value is -2.57. The molecular weight excluding hydrogens is 324 g/mol. The highest BCUT2D eigenvalue weighted by Gasteiger charge is 2.24. The quantitative estimate of drug-likeness (QED) is 0.787. The maximum atomic E-state index is 12.1. The maximum absolute atomic E-state index is 12.1. The fourth-order valence-corrected chi connectivity index (χ4v) is 2.73. The van der Waals surface area contributed by atoms with Crippen molar-refractivity contribution < 1.29 is 24.2 Å². The van der Waals surface area contributed by atoms with Crippen molar-refractivity contribution >= 4 is 18.0 Å². The SMILES string of the molecule is O=C(NC(CCC(=O)N1CCCCC1)C(=O)O)OCc1ccccc1. The predicted molar refractivity (Wildman–Crippen MR) is 90.9 cm³/mol. The van der Waals surface area contributed by atoms with Gasteiger partial charge >= 0.3 is 12.1 Å². The summed E-state index contributed by atoms with van der Waals surface area (Å²) in [5.74, 6) is -1.24. The molecule has 1 aliphatic rings. The van der Waals surface area contributed by atoms with Crippen molar-refractivity contribution in [3.05, 3.63) is 35.9 Å². The lowest BCUT2D eigenvalue weighted by Gasteiger charge is -2.27. The Balaban J connectivity index is 1.76. The van der Waals surface area contributed by atoms with E-state index in [2.05, 4.69) is 5.32 Å². The smallest absolute Gasteiger partial charge is 0.408 e. The molecule has 0 radical (unpaired) electrons. The van der Waals surface area contributed by atoms with Crippen LogP contribution in [0, 0.1) is 0 Å². The van der Waals surface area contributed by atoms with Crippen LogP contribution >= 0.6 is 0 Å². The summed E-state index contributed by atoms with van der Waals surface area (Å²) in [7, 11) is 0. The van der Waals surface area contributed by atoms with E-state index in [1.165, 1.54) is 0 Å². The lowest BCUT2D eigenvalue weighted by molar-refractivity contribution is -0.140. The second-order valence-electron chi connectivity index (χ2n) is 6.08. The van der Waals surface area contributed by atoms with Gasteiger partial charge in [-0.05, 0) is 31.2 Å². The molecule has 0 spiro atoms. The zero-order chi connectivity index (χ0) is 18.1. The molecule has 0 bridgehead atoms. The number of carboxylic acids is 1. The molecule has 2 rings (SSSR count). The molecular formula is C18H24N2O5. The van der Waals surface area contributed by atoms with Gasteiger partial charge in [0.15, 0.2) is 0 Å². The van der Waals surface area contributed by atoms with E-state index in [4.69, 9.17) is 4.74 Å². The number of piperidine rings is 1. The number of carbonyl (C=O) groups excluding carboxylic acids is 2. The second-order valence-corrected chi connectivity index (χ2v) is 6.08. The number of alkyl carbamates (subject to hydrolysis) is 1. The Kier molecular flexibility index (Phi) is 7.25. The van der Waals surface area contributed by atoms with Crippen LogP contribution in [0.2, 0.25) is 0 Å². The standard InChI is InChI=1S/C18H24N2O5/c21-16(20-11-5-2-6-12-20)10-9-15(17(22)23)19-18(24)25-13-14-7-3-1-4-8-14/h1,3-4,7-8,15H,2,5-6,9-13H2,(H,19,24)(H,22,23). The van der Waals surface area contributed by atoms with Crippen molar-refractivity contribution in [2.75, 3.05) is 13.1 Å². The van der Waals surface area contributed by atoms with Gasteiger partial charge in [-0.15, -0.1) is 0 Å². The number of benzene rings is 1. The number of amides is 2. The molecule has 1 fully saturated rings. The monoisotopic (exact) mass is 348 g/mol. The van der Waals surface area contributed by atoms with Gasteiger partial charge in [0, 0.05) is 19.5 Å². The van der Waals surface area contributed by atoms with Crippen molar-refractivity contribution in [2.24, 2.45) is 0 Å². The van der Waals surface area contributed by atoms with E-state index in [1.807, 2.05) is 18.2 Å². The Morgan fingerprint density at radius 1 is 1.12 bits per heavy atom. The summed E-state index contributed by atoms with van der Waals surface area (Å²) in [6.07, 6.45) is 2.43. The van der Waals surface area contributed by atoms with Crippen LogP contribution in [0.1, 0.15) is 37.7 Å². The number of carboxylic acid groups (broad SMARTS) is 1. The van der Waals surface area contributed by atoms with Crippen LogP contribution in [0.3, 0.4) is 0 Å². The molecule has 1 heterocycles. The Morgan fingerprint density at radius 3 is 2.44 bits per heavy atom. The summed E-state index contributed by atoms with van der Waals surface area (Å²) in [5, 5.41) is 11.5. The van der Waals surface area contributed by atoms with Gasteiger partial charge in [-0.1, -0.05) is 30.3 Å². The van der Waals surface area contributed by atoms with Gasteiger partial charge in [0.25, 0.3) is 0 Å². The van der Waals surface area contributed by atoms with Gasteiger partial charge in [-0.3, -0.25) is 4.79 Å². The molecule has 1 aromatic carbocycles. The normalized spacial score (nSPS) is 15.3. The van der Waals surface area contributed by atoms with Crippen LogP contribution in [0.15, 0.2) is 30.3 Å². The van der Waals surface area contributed by atoms with E-state index < -0.39 is 18.1 Å². The van der Waals surface area contributed by atoms with Crippen LogP contribution in [0.4, 0.5) is 4.79 Å². The van der Waals surface area contributed by atoms with E-state index in [9.17, 15) is 19.5 Å². The number of hydrogen-bond acceptors (Lipinski definition) is 4. The molecule has 7 nitrogen and oxygen atoms in total. The van der Waals surface area contributed by atoms with Crippen molar-refractivity contribution in [3.63, 3.8) is 0 Å². The van der Waals surface area contributed by atoms with Crippen LogP contribution in [-0.2, 0) is 20.9 Å². The average molecular weight is 348 g/mol. The minimum absolute atomic E-state index is 0.0467. The number of nitrogens with one attached hydrogen (secondary N) is 1. The number of hydrogen-bond donors (Lipinski definition) is 2. The third-order valence-corrected chi connectivity index (χ3v) is 4.16. The van der Waals surface area contributed by atoms with Gasteiger partial charge in [0.05, 0.1) is 0 Å². The topological polar surface area (TPSA) is 95.9 Å². The average Bonchev–Trinajstić information content (AvgIpc) is 2.64. The highest BCUT2D eigenvalue weighted by molar-refractivity contribution is 5.81. The van der Waals surface area contributed by atoms with E-state index in [0.717, 1.165) is 37.9 Å². The Bertz CT molecular complexity index is 584. The predicted octanol–water partition coefficient (Wildman–Crippen LogP) is 2.16. The highest BCUT2D eigenvalue weighted by Crippen LogP contribution is 2.11. The number of carbonyl (C=O) groups is 3. The fraction of sp³-hybridized carbons (Fsp3) is 0.500. The van der Waals surface area contributed by atoms with Gasteiger partial charge in [-0.2, -0.15) is 0 Å². The first kappa shape index (κ1) is 18.8. The van der Waals surface area contributed by atoms with E-state index in [0.29, 0.717) is 0 Å². The Labute approximate surface area is 147 Å². The molecule has 2 N–H and O–H groups in total. The number of likely N-dealkylation sites (tertiary alicyclic amines) is 1. The van der Waals surface area contributed by atoms with Gasteiger partial charge in [-0.25, -0.2) is 9.59 Å². The summed E-state index contributed by atoms with van der Waals surface area (Å²) in [6, 6.07) is 7.96. The first-order valence-corrected chi connectivity index (χ1v) is 8.54. The molecule has 1 aliphatic heterocycles. The summed E-state index contributed by atoms with van der Waals surface area (Å²) in [4.78, 5) is 37.0. The van der Waals surface area contributed by atoms with Crippen LogP contribution in [0.25, 0.3) is 0 Å². The number of rotatable bonds is 7. The first-order valence-electron chi connectivity index (χ1n) is 8.54. The second kappa shape index (κ2) is 9.66. The van der Waals surface area contributed by atoms with Gasteiger partial charge in [0.1, 0.15) is 12.6 Å². The van der Waals surface area contributed by atoms with E-state index in [1.54, 1.807) is 17.0 Å². The molecule has 1 atom stereocenters. The fourth-order valence-electron chi connectivity index (χ4n) is 2.73. The van der Waals surface area contributed by atoms with Crippen molar-refractivity contribution in [3.8, 4) is 0 Å². The molecule has 1 aromatic rings. The molecule has 0 aromatic heterocycles.